The van der Waals surface area contributed by atoms with Gasteiger partial charge in [0.05, 0.1) is 17.4 Å². The van der Waals surface area contributed by atoms with E-state index in [0.29, 0.717) is 23.9 Å². The minimum atomic E-state index is -3.45. The van der Waals surface area contributed by atoms with E-state index in [1.807, 2.05) is 16.9 Å². The Kier molecular flexibility index (Phi) is 4.25. The van der Waals surface area contributed by atoms with E-state index < -0.39 is 10.0 Å². The molecule has 2 aliphatic rings. The van der Waals surface area contributed by atoms with Gasteiger partial charge in [-0.2, -0.15) is 9.40 Å². The van der Waals surface area contributed by atoms with E-state index in [0.717, 1.165) is 48.8 Å². The molecule has 3 aromatic rings. The summed E-state index contributed by atoms with van der Waals surface area (Å²) in [6.45, 7) is 4.07. The second-order valence-electron chi connectivity index (χ2n) is 7.87. The van der Waals surface area contributed by atoms with E-state index in [9.17, 15) is 8.42 Å². The molecule has 0 amide bonds. The van der Waals surface area contributed by atoms with Crippen LogP contribution in [-0.2, 0) is 23.0 Å². The predicted molar refractivity (Wildman–Crippen MR) is 108 cm³/mol. The Morgan fingerprint density at radius 2 is 1.96 bits per heavy atom. The Balaban J connectivity index is 1.37. The topological polar surface area (TPSA) is 68.1 Å². The lowest BCUT2D eigenvalue weighted by atomic mass is 9.86. The van der Waals surface area contributed by atoms with Gasteiger partial charge in [0.15, 0.2) is 0 Å². The van der Waals surface area contributed by atoms with Crippen molar-refractivity contribution in [1.82, 2.24) is 19.1 Å². The van der Waals surface area contributed by atoms with E-state index in [-0.39, 0.29) is 0 Å². The van der Waals surface area contributed by atoms with Gasteiger partial charge in [-0.05, 0) is 67.9 Å². The monoisotopic (exact) mass is 396 g/mol. The van der Waals surface area contributed by atoms with Crippen molar-refractivity contribution in [2.75, 3.05) is 13.1 Å². The summed E-state index contributed by atoms with van der Waals surface area (Å²) in [4.78, 5) is 4.85. The molecule has 0 saturated carbocycles. The van der Waals surface area contributed by atoms with Gasteiger partial charge >= 0.3 is 0 Å². The summed E-state index contributed by atoms with van der Waals surface area (Å²) in [5.41, 5.74) is 4.45. The molecule has 0 spiro atoms. The third-order valence-corrected chi connectivity index (χ3v) is 8.14. The van der Waals surface area contributed by atoms with Crippen molar-refractivity contribution in [3.8, 4) is 0 Å². The zero-order valence-corrected chi connectivity index (χ0v) is 16.8. The normalized spacial score (nSPS) is 18.6. The summed E-state index contributed by atoms with van der Waals surface area (Å²) in [5.74, 6) is 0.383. The highest BCUT2D eigenvalue weighted by atomic mass is 32.2. The minimum Gasteiger partial charge on any atom is -0.268 e. The molecule has 1 fully saturated rings. The van der Waals surface area contributed by atoms with Gasteiger partial charge in [0.2, 0.25) is 10.0 Å². The molecule has 146 valence electrons. The summed E-state index contributed by atoms with van der Waals surface area (Å²) < 4.78 is 29.8. The molecule has 2 aliphatic heterocycles. The van der Waals surface area contributed by atoms with Gasteiger partial charge in [0.1, 0.15) is 4.90 Å². The number of piperidine rings is 1. The second kappa shape index (κ2) is 6.67. The molecule has 6 nitrogen and oxygen atoms in total. The summed E-state index contributed by atoms with van der Waals surface area (Å²) in [5, 5.41) is 5.41. The summed E-state index contributed by atoms with van der Waals surface area (Å²) in [7, 11) is -3.45. The van der Waals surface area contributed by atoms with Crippen LogP contribution in [0.5, 0.6) is 0 Å². The predicted octanol–water partition coefficient (Wildman–Crippen LogP) is 3.25. The van der Waals surface area contributed by atoms with Crippen LogP contribution in [0.4, 0.5) is 0 Å². The van der Waals surface area contributed by atoms with Crippen LogP contribution in [0.3, 0.4) is 0 Å². The van der Waals surface area contributed by atoms with Crippen molar-refractivity contribution in [3.63, 3.8) is 0 Å². The van der Waals surface area contributed by atoms with E-state index in [2.05, 4.69) is 35.2 Å². The third-order valence-electron chi connectivity index (χ3n) is 6.20. The number of hydrogen-bond donors (Lipinski definition) is 0. The van der Waals surface area contributed by atoms with Crippen LogP contribution in [0.1, 0.15) is 42.0 Å². The molecule has 2 aromatic heterocycles. The standard InChI is InChI=1S/C21H24N4O2S/c1-15-12-19-17(4-2-8-22-19)13-18(15)16-6-10-24(11-7-16)28(26,27)21-14-23-25-9-3-5-20(21)25/h2,4,8,12-14,16H,3,5-7,9-11H2,1H3. The Labute approximate surface area is 165 Å². The highest BCUT2D eigenvalue weighted by Crippen LogP contribution is 2.35. The Morgan fingerprint density at radius 3 is 2.79 bits per heavy atom. The molecule has 4 heterocycles. The number of aryl methyl sites for hydroxylation is 2. The molecule has 1 saturated heterocycles. The van der Waals surface area contributed by atoms with Crippen molar-refractivity contribution in [3.05, 3.63) is 53.5 Å². The molecule has 28 heavy (non-hydrogen) atoms. The van der Waals surface area contributed by atoms with Gasteiger partial charge in [-0.25, -0.2) is 8.42 Å². The maximum Gasteiger partial charge on any atom is 0.246 e. The lowest BCUT2D eigenvalue weighted by molar-refractivity contribution is 0.319. The number of nitrogens with zero attached hydrogens (tertiary/aromatic N) is 4. The van der Waals surface area contributed by atoms with E-state index in [4.69, 9.17) is 0 Å². The Hall–Kier alpha value is -2.25. The first kappa shape index (κ1) is 17.8. The highest BCUT2D eigenvalue weighted by Gasteiger charge is 2.34. The molecule has 1 aromatic carbocycles. The van der Waals surface area contributed by atoms with Crippen LogP contribution in [-0.4, -0.2) is 40.6 Å². The maximum absolute atomic E-state index is 13.2. The van der Waals surface area contributed by atoms with Gasteiger partial charge in [-0.15, -0.1) is 0 Å². The molecule has 0 aliphatic carbocycles. The second-order valence-corrected chi connectivity index (χ2v) is 9.77. The first-order valence-corrected chi connectivity index (χ1v) is 11.4. The third kappa shape index (κ3) is 2.84. The van der Waals surface area contributed by atoms with Crippen LogP contribution >= 0.6 is 0 Å². The Morgan fingerprint density at radius 1 is 1.14 bits per heavy atom. The van der Waals surface area contributed by atoms with Crippen molar-refractivity contribution >= 4 is 20.9 Å². The average Bonchev–Trinajstić information content (AvgIpc) is 3.31. The van der Waals surface area contributed by atoms with Crippen molar-refractivity contribution in [2.45, 2.75) is 50.0 Å². The number of hydrogen-bond acceptors (Lipinski definition) is 4. The van der Waals surface area contributed by atoms with Crippen LogP contribution in [0.2, 0.25) is 0 Å². The summed E-state index contributed by atoms with van der Waals surface area (Å²) in [6.07, 6.45) is 6.82. The lowest BCUT2D eigenvalue weighted by Gasteiger charge is -2.32. The quantitative estimate of drug-likeness (QED) is 0.681. The summed E-state index contributed by atoms with van der Waals surface area (Å²) >= 11 is 0. The van der Waals surface area contributed by atoms with Crippen LogP contribution in [0.15, 0.2) is 41.6 Å². The number of aromatic nitrogens is 3. The van der Waals surface area contributed by atoms with E-state index >= 15 is 0 Å². The number of fused-ring (bicyclic) bond motifs is 2. The van der Waals surface area contributed by atoms with Gasteiger partial charge in [-0.1, -0.05) is 6.07 Å². The summed E-state index contributed by atoms with van der Waals surface area (Å²) in [6, 6.07) is 8.42. The molecule has 5 rings (SSSR count). The number of sulfonamides is 1. The molecule has 0 atom stereocenters. The average molecular weight is 397 g/mol. The van der Waals surface area contributed by atoms with Gasteiger partial charge in [-0.3, -0.25) is 9.67 Å². The molecular weight excluding hydrogens is 372 g/mol. The first-order valence-electron chi connectivity index (χ1n) is 9.94. The zero-order chi connectivity index (χ0) is 19.3. The van der Waals surface area contributed by atoms with E-state index in [1.54, 1.807) is 4.31 Å². The van der Waals surface area contributed by atoms with Crippen molar-refractivity contribution < 1.29 is 8.42 Å². The van der Waals surface area contributed by atoms with Crippen molar-refractivity contribution in [1.29, 1.82) is 0 Å². The van der Waals surface area contributed by atoms with Gasteiger partial charge in [0.25, 0.3) is 0 Å². The zero-order valence-electron chi connectivity index (χ0n) is 16.0. The smallest absolute Gasteiger partial charge is 0.246 e. The number of benzene rings is 1. The lowest BCUT2D eigenvalue weighted by Crippen LogP contribution is -2.38. The Bertz CT molecular complexity index is 1140. The number of rotatable bonds is 3. The van der Waals surface area contributed by atoms with Crippen molar-refractivity contribution in [2.24, 2.45) is 0 Å². The minimum absolute atomic E-state index is 0.383. The molecule has 0 bridgehead atoms. The SMILES string of the molecule is Cc1cc2ncccc2cc1C1CCN(S(=O)(=O)c2cnn3c2CCC3)CC1. The number of pyridine rings is 1. The fraction of sp³-hybridized carbons (Fsp3) is 0.429. The molecule has 0 unspecified atom stereocenters. The fourth-order valence-corrected chi connectivity index (χ4v) is 6.33. The molecular formula is C21H24N4O2S. The largest absolute Gasteiger partial charge is 0.268 e. The molecule has 0 N–H and O–H groups in total. The van der Waals surface area contributed by atoms with Crippen LogP contribution < -0.4 is 0 Å². The molecule has 0 radical (unpaired) electrons. The van der Waals surface area contributed by atoms with Crippen LogP contribution in [0, 0.1) is 6.92 Å². The maximum atomic E-state index is 13.2. The first-order chi connectivity index (χ1) is 13.5. The van der Waals surface area contributed by atoms with Gasteiger partial charge in [0, 0.05) is 31.2 Å². The van der Waals surface area contributed by atoms with Gasteiger partial charge < -0.3 is 0 Å². The fourth-order valence-electron chi connectivity index (χ4n) is 4.68. The highest BCUT2D eigenvalue weighted by molar-refractivity contribution is 7.89. The van der Waals surface area contributed by atoms with Crippen LogP contribution in [0.25, 0.3) is 10.9 Å². The van der Waals surface area contributed by atoms with E-state index in [1.165, 1.54) is 17.3 Å². The molecule has 7 heteroatoms.